The van der Waals surface area contributed by atoms with Crippen molar-refractivity contribution >= 4 is 12.2 Å². The van der Waals surface area contributed by atoms with Gasteiger partial charge in [-0.1, -0.05) is 61.5 Å². The quantitative estimate of drug-likeness (QED) is 0.606. The first-order valence-electron chi connectivity index (χ1n) is 11.8. The van der Waals surface area contributed by atoms with Gasteiger partial charge >= 0.3 is 0 Å². The zero-order valence-corrected chi connectivity index (χ0v) is 19.2. The fraction of sp³-hybridized carbons (Fsp3) is 0.370. The van der Waals surface area contributed by atoms with E-state index in [0.29, 0.717) is 0 Å². The molecular formula is C27H33N5. The molecule has 1 fully saturated rings. The van der Waals surface area contributed by atoms with Crippen molar-refractivity contribution in [3.05, 3.63) is 77.4 Å². The number of H-pyrrole nitrogens is 1. The second-order valence-electron chi connectivity index (χ2n) is 8.91. The summed E-state index contributed by atoms with van der Waals surface area (Å²) in [5.41, 5.74) is 6.31. The average Bonchev–Trinajstić information content (AvgIpc) is 3.30. The highest BCUT2D eigenvalue weighted by Gasteiger charge is 2.23. The monoisotopic (exact) mass is 427 g/mol. The van der Waals surface area contributed by atoms with Gasteiger partial charge in [-0.05, 0) is 36.2 Å². The standard InChI is InChI=1S/C27H33N5/c1-3-30-13-15-31(16-14-30)19-22-9-11-24(12-10-22)26-17-25-18-28-20-32(27(25)29-26)21(2)23-7-5-4-6-8-23/h4-12,17,20-21,29H,3,13-16,18-19H2,1-2H3. The van der Waals surface area contributed by atoms with Crippen molar-refractivity contribution in [2.24, 2.45) is 4.99 Å². The SMILES string of the molecule is CCN1CCN(Cc2ccc(-c3cc4c([nH]3)N(C(C)c3ccccc3)C=NC4)cc2)CC1. The molecule has 1 N–H and O–H groups in total. The summed E-state index contributed by atoms with van der Waals surface area (Å²) in [5.74, 6) is 1.16. The van der Waals surface area contributed by atoms with Gasteiger partial charge in [-0.15, -0.1) is 0 Å². The molecule has 2 aromatic carbocycles. The zero-order chi connectivity index (χ0) is 21.9. The third-order valence-corrected chi connectivity index (χ3v) is 6.88. The molecule has 2 aliphatic heterocycles. The lowest BCUT2D eigenvalue weighted by Crippen LogP contribution is -2.45. The zero-order valence-electron chi connectivity index (χ0n) is 19.2. The smallest absolute Gasteiger partial charge is 0.117 e. The van der Waals surface area contributed by atoms with E-state index in [4.69, 9.17) is 0 Å². The molecule has 32 heavy (non-hydrogen) atoms. The number of aliphatic imine (C=N–C) groups is 1. The van der Waals surface area contributed by atoms with E-state index in [2.05, 4.69) is 99.2 Å². The Hall–Kier alpha value is -2.89. The maximum absolute atomic E-state index is 4.62. The molecular weight excluding hydrogens is 394 g/mol. The lowest BCUT2D eigenvalue weighted by molar-refractivity contribution is 0.132. The van der Waals surface area contributed by atoms with Gasteiger partial charge in [0, 0.05) is 44.0 Å². The summed E-state index contributed by atoms with van der Waals surface area (Å²) >= 11 is 0. The van der Waals surface area contributed by atoms with Crippen molar-refractivity contribution in [2.45, 2.75) is 33.0 Å². The number of piperazine rings is 1. The molecule has 1 saturated heterocycles. The van der Waals surface area contributed by atoms with Crippen LogP contribution >= 0.6 is 0 Å². The van der Waals surface area contributed by atoms with Gasteiger partial charge in [0.2, 0.25) is 0 Å². The minimum atomic E-state index is 0.223. The highest BCUT2D eigenvalue weighted by atomic mass is 15.3. The molecule has 0 aliphatic carbocycles. The van der Waals surface area contributed by atoms with Crippen molar-refractivity contribution in [1.82, 2.24) is 14.8 Å². The van der Waals surface area contributed by atoms with Crippen LogP contribution in [0, 0.1) is 0 Å². The van der Waals surface area contributed by atoms with E-state index in [1.807, 2.05) is 6.34 Å². The van der Waals surface area contributed by atoms with Crippen LogP contribution in [0.2, 0.25) is 0 Å². The number of fused-ring (bicyclic) bond motifs is 1. The van der Waals surface area contributed by atoms with Gasteiger partial charge in [0.15, 0.2) is 0 Å². The first-order valence-corrected chi connectivity index (χ1v) is 11.8. The number of likely N-dealkylation sites (N-methyl/N-ethyl adjacent to an activating group) is 1. The molecule has 5 nitrogen and oxygen atoms in total. The maximum Gasteiger partial charge on any atom is 0.117 e. The van der Waals surface area contributed by atoms with Crippen LogP contribution in [-0.4, -0.2) is 53.8 Å². The summed E-state index contributed by atoms with van der Waals surface area (Å²) in [6.45, 7) is 12.1. The third kappa shape index (κ3) is 4.36. The minimum absolute atomic E-state index is 0.223. The van der Waals surface area contributed by atoms with Crippen molar-refractivity contribution < 1.29 is 0 Å². The van der Waals surface area contributed by atoms with Crippen molar-refractivity contribution in [3.63, 3.8) is 0 Å². The van der Waals surface area contributed by atoms with Crippen LogP contribution in [0.15, 0.2) is 65.7 Å². The van der Waals surface area contributed by atoms with Gasteiger partial charge in [-0.2, -0.15) is 0 Å². The van der Waals surface area contributed by atoms with Gasteiger partial charge in [-0.3, -0.25) is 9.89 Å². The molecule has 0 spiro atoms. The Morgan fingerprint density at radius 2 is 1.66 bits per heavy atom. The Balaban J connectivity index is 1.30. The number of rotatable bonds is 6. The van der Waals surface area contributed by atoms with Gasteiger partial charge in [0.1, 0.15) is 5.82 Å². The Bertz CT molecular complexity index is 1050. The van der Waals surface area contributed by atoms with E-state index < -0.39 is 0 Å². The van der Waals surface area contributed by atoms with E-state index in [9.17, 15) is 0 Å². The van der Waals surface area contributed by atoms with Crippen LogP contribution in [-0.2, 0) is 13.1 Å². The van der Waals surface area contributed by atoms with Crippen LogP contribution in [0.5, 0.6) is 0 Å². The fourth-order valence-corrected chi connectivity index (χ4v) is 4.78. The third-order valence-electron chi connectivity index (χ3n) is 6.88. The molecule has 0 saturated carbocycles. The van der Waals surface area contributed by atoms with Crippen LogP contribution in [0.1, 0.15) is 36.6 Å². The van der Waals surface area contributed by atoms with Crippen LogP contribution < -0.4 is 4.90 Å². The van der Waals surface area contributed by atoms with Crippen molar-refractivity contribution in [2.75, 3.05) is 37.6 Å². The molecule has 0 radical (unpaired) electrons. The summed E-state index contributed by atoms with van der Waals surface area (Å²) in [6, 6.07) is 22.2. The van der Waals surface area contributed by atoms with E-state index >= 15 is 0 Å². The number of nitrogens with zero attached hydrogens (tertiary/aromatic N) is 4. The molecule has 5 heteroatoms. The average molecular weight is 428 g/mol. The van der Waals surface area contributed by atoms with E-state index in [1.165, 1.54) is 35.3 Å². The highest BCUT2D eigenvalue weighted by molar-refractivity contribution is 5.84. The fourth-order valence-electron chi connectivity index (χ4n) is 4.78. The molecule has 1 atom stereocenters. The first kappa shape index (κ1) is 21.0. The number of hydrogen-bond acceptors (Lipinski definition) is 4. The summed E-state index contributed by atoms with van der Waals surface area (Å²) in [4.78, 5) is 15.6. The second-order valence-corrected chi connectivity index (χ2v) is 8.91. The van der Waals surface area contributed by atoms with E-state index in [0.717, 1.165) is 44.2 Å². The lowest BCUT2D eigenvalue weighted by Gasteiger charge is -2.34. The Labute approximate surface area is 191 Å². The predicted octanol–water partition coefficient (Wildman–Crippen LogP) is 4.93. The second kappa shape index (κ2) is 9.31. The van der Waals surface area contributed by atoms with Crippen LogP contribution in [0.4, 0.5) is 5.82 Å². The van der Waals surface area contributed by atoms with E-state index in [1.54, 1.807) is 0 Å². The summed E-state index contributed by atoms with van der Waals surface area (Å²) in [5, 5.41) is 0. The molecule has 1 aromatic heterocycles. The molecule has 5 rings (SSSR count). The summed E-state index contributed by atoms with van der Waals surface area (Å²) in [7, 11) is 0. The molecule has 1 unspecified atom stereocenters. The molecule has 0 amide bonds. The maximum atomic E-state index is 4.62. The van der Waals surface area contributed by atoms with Gasteiger partial charge in [0.25, 0.3) is 0 Å². The topological polar surface area (TPSA) is 37.9 Å². The van der Waals surface area contributed by atoms with Crippen LogP contribution in [0.3, 0.4) is 0 Å². The highest BCUT2D eigenvalue weighted by Crippen LogP contribution is 2.34. The number of hydrogen-bond donors (Lipinski definition) is 1. The largest absolute Gasteiger partial charge is 0.341 e. The molecule has 2 aliphatic rings. The minimum Gasteiger partial charge on any atom is -0.341 e. The molecule has 3 heterocycles. The van der Waals surface area contributed by atoms with Gasteiger partial charge in [-0.25, -0.2) is 0 Å². The number of aromatic amines is 1. The first-order chi connectivity index (χ1) is 15.7. The predicted molar refractivity (Wildman–Crippen MR) is 133 cm³/mol. The lowest BCUT2D eigenvalue weighted by atomic mass is 10.1. The number of nitrogens with one attached hydrogen (secondary N) is 1. The molecule has 166 valence electrons. The Morgan fingerprint density at radius 1 is 0.938 bits per heavy atom. The van der Waals surface area contributed by atoms with E-state index in [-0.39, 0.29) is 6.04 Å². The van der Waals surface area contributed by atoms with Gasteiger partial charge in [0.05, 0.1) is 18.9 Å². The Morgan fingerprint density at radius 3 is 2.38 bits per heavy atom. The van der Waals surface area contributed by atoms with Crippen LogP contribution in [0.25, 0.3) is 11.3 Å². The molecule has 0 bridgehead atoms. The van der Waals surface area contributed by atoms with Crippen molar-refractivity contribution in [3.8, 4) is 11.3 Å². The number of aromatic nitrogens is 1. The van der Waals surface area contributed by atoms with Gasteiger partial charge < -0.3 is 14.8 Å². The molecule has 3 aromatic rings. The summed E-state index contributed by atoms with van der Waals surface area (Å²) < 4.78 is 0. The number of benzene rings is 2. The van der Waals surface area contributed by atoms with Crippen molar-refractivity contribution in [1.29, 1.82) is 0 Å². The number of anilines is 1. The normalized spacial score (nSPS) is 18.0. The summed E-state index contributed by atoms with van der Waals surface area (Å²) in [6.07, 6.45) is 1.97. The Kier molecular flexibility index (Phi) is 6.10.